The number of nitrogens with zero attached hydrogens (tertiary/aromatic N) is 2. The van der Waals surface area contributed by atoms with Crippen molar-refractivity contribution in [2.24, 2.45) is 4.99 Å². The van der Waals surface area contributed by atoms with Crippen LogP contribution in [0.25, 0.3) is 16.3 Å². The highest BCUT2D eigenvalue weighted by Gasteiger charge is 2.12. The standard InChI is InChI=1S/C20H15FN2O3S/c1-2-9-23-15-6-5-14(21)11-18(15)27-20(23)22-19(24)8-4-13-3-7-16-17(10-13)26-12-25-16/h2-8,10-11H,1,9,12H2. The van der Waals surface area contributed by atoms with Gasteiger partial charge in [-0.05, 0) is 42.0 Å². The summed E-state index contributed by atoms with van der Waals surface area (Å²) in [5.74, 6) is 0.607. The lowest BCUT2D eigenvalue weighted by Crippen LogP contribution is -2.15. The smallest absolute Gasteiger partial charge is 0.272 e. The number of amides is 1. The van der Waals surface area contributed by atoms with Crippen molar-refractivity contribution in [1.29, 1.82) is 0 Å². The van der Waals surface area contributed by atoms with Gasteiger partial charge in [0.15, 0.2) is 16.3 Å². The summed E-state index contributed by atoms with van der Waals surface area (Å²) >= 11 is 1.26. The molecule has 136 valence electrons. The van der Waals surface area contributed by atoms with E-state index in [1.54, 1.807) is 30.4 Å². The van der Waals surface area contributed by atoms with Crippen molar-refractivity contribution in [3.63, 3.8) is 0 Å². The quantitative estimate of drug-likeness (QED) is 0.508. The minimum atomic E-state index is -0.405. The van der Waals surface area contributed by atoms with E-state index in [2.05, 4.69) is 11.6 Å². The third-order valence-electron chi connectivity index (χ3n) is 3.98. The Morgan fingerprint density at radius 2 is 2.11 bits per heavy atom. The van der Waals surface area contributed by atoms with Gasteiger partial charge in [0.1, 0.15) is 5.82 Å². The van der Waals surface area contributed by atoms with Crippen molar-refractivity contribution in [2.75, 3.05) is 6.79 Å². The molecule has 0 saturated heterocycles. The molecule has 0 atom stereocenters. The Morgan fingerprint density at radius 1 is 1.26 bits per heavy atom. The summed E-state index contributed by atoms with van der Waals surface area (Å²) in [7, 11) is 0. The number of hydrogen-bond acceptors (Lipinski definition) is 4. The third kappa shape index (κ3) is 3.54. The summed E-state index contributed by atoms with van der Waals surface area (Å²) in [5, 5.41) is 0. The maximum atomic E-state index is 13.5. The van der Waals surface area contributed by atoms with E-state index in [-0.39, 0.29) is 12.6 Å². The molecule has 1 amide bonds. The lowest BCUT2D eigenvalue weighted by Gasteiger charge is -2.00. The minimum absolute atomic E-state index is 0.201. The van der Waals surface area contributed by atoms with Crippen LogP contribution in [0.5, 0.6) is 11.5 Å². The zero-order chi connectivity index (χ0) is 18.8. The molecule has 2 heterocycles. The summed E-state index contributed by atoms with van der Waals surface area (Å²) in [6.07, 6.45) is 4.76. The molecule has 0 fully saturated rings. The molecular weight excluding hydrogens is 367 g/mol. The van der Waals surface area contributed by atoms with Crippen molar-refractivity contribution in [1.82, 2.24) is 4.57 Å². The molecule has 3 aromatic rings. The summed E-state index contributed by atoms with van der Waals surface area (Å²) in [6.45, 7) is 4.41. The van der Waals surface area contributed by atoms with Gasteiger partial charge in [-0.1, -0.05) is 23.5 Å². The number of carbonyl (C=O) groups excluding carboxylic acids is 1. The van der Waals surface area contributed by atoms with Gasteiger partial charge in [-0.15, -0.1) is 6.58 Å². The highest BCUT2D eigenvalue weighted by Crippen LogP contribution is 2.32. The number of ether oxygens (including phenoxy) is 2. The van der Waals surface area contributed by atoms with E-state index in [0.29, 0.717) is 22.8 Å². The lowest BCUT2D eigenvalue weighted by molar-refractivity contribution is -0.113. The highest BCUT2D eigenvalue weighted by atomic mass is 32.1. The second-order valence-corrected chi connectivity index (χ2v) is 6.80. The van der Waals surface area contributed by atoms with Gasteiger partial charge in [-0.2, -0.15) is 4.99 Å². The summed E-state index contributed by atoms with van der Waals surface area (Å²) in [4.78, 5) is 17.0. The second-order valence-electron chi connectivity index (χ2n) is 5.79. The Labute approximate surface area is 158 Å². The number of thiazole rings is 1. The average Bonchev–Trinajstić information content (AvgIpc) is 3.24. The first kappa shape index (κ1) is 17.2. The summed E-state index contributed by atoms with van der Waals surface area (Å²) < 4.78 is 26.6. The van der Waals surface area contributed by atoms with Gasteiger partial charge in [0, 0.05) is 12.6 Å². The zero-order valence-electron chi connectivity index (χ0n) is 14.2. The first-order valence-electron chi connectivity index (χ1n) is 8.20. The van der Waals surface area contributed by atoms with Crippen molar-refractivity contribution < 1.29 is 18.7 Å². The van der Waals surface area contributed by atoms with Gasteiger partial charge in [-0.3, -0.25) is 4.79 Å². The molecule has 27 heavy (non-hydrogen) atoms. The van der Waals surface area contributed by atoms with E-state index in [0.717, 1.165) is 15.8 Å². The second kappa shape index (κ2) is 7.20. The third-order valence-corrected chi connectivity index (χ3v) is 5.02. The van der Waals surface area contributed by atoms with Crippen molar-refractivity contribution in [3.05, 3.63) is 71.3 Å². The van der Waals surface area contributed by atoms with E-state index in [1.807, 2.05) is 10.6 Å². The van der Waals surface area contributed by atoms with Gasteiger partial charge in [0.2, 0.25) is 6.79 Å². The number of fused-ring (bicyclic) bond motifs is 2. The van der Waals surface area contributed by atoms with Gasteiger partial charge in [-0.25, -0.2) is 4.39 Å². The Kier molecular flexibility index (Phi) is 4.60. The molecule has 1 aliphatic rings. The van der Waals surface area contributed by atoms with Crippen LogP contribution < -0.4 is 14.3 Å². The SMILES string of the molecule is C=CCn1c(=NC(=O)C=Cc2ccc3c(c2)OCO3)sc2cc(F)ccc21. The molecule has 0 saturated carbocycles. The van der Waals surface area contributed by atoms with Crippen LogP contribution in [-0.4, -0.2) is 17.3 Å². The van der Waals surface area contributed by atoms with Crippen LogP contribution in [0.3, 0.4) is 0 Å². The van der Waals surface area contributed by atoms with Crippen LogP contribution in [0.15, 0.2) is 60.1 Å². The number of hydrogen-bond donors (Lipinski definition) is 0. The topological polar surface area (TPSA) is 52.8 Å². The number of halogens is 1. The van der Waals surface area contributed by atoms with Crippen LogP contribution in [0.2, 0.25) is 0 Å². The Bertz CT molecular complexity index is 1140. The molecule has 0 radical (unpaired) electrons. The summed E-state index contributed by atoms with van der Waals surface area (Å²) in [5.41, 5.74) is 1.62. The van der Waals surface area contributed by atoms with E-state index in [9.17, 15) is 9.18 Å². The predicted molar refractivity (Wildman–Crippen MR) is 102 cm³/mol. The highest BCUT2D eigenvalue weighted by molar-refractivity contribution is 7.16. The largest absolute Gasteiger partial charge is 0.454 e. The zero-order valence-corrected chi connectivity index (χ0v) is 15.0. The first-order valence-corrected chi connectivity index (χ1v) is 9.02. The van der Waals surface area contributed by atoms with Gasteiger partial charge < -0.3 is 14.0 Å². The van der Waals surface area contributed by atoms with E-state index < -0.39 is 5.91 Å². The molecule has 0 aliphatic carbocycles. The van der Waals surface area contributed by atoms with E-state index >= 15 is 0 Å². The number of allylic oxidation sites excluding steroid dienone is 1. The number of rotatable bonds is 4. The molecule has 0 unspecified atom stereocenters. The van der Waals surface area contributed by atoms with Gasteiger partial charge in [0.25, 0.3) is 5.91 Å². The maximum Gasteiger partial charge on any atom is 0.272 e. The molecule has 0 bridgehead atoms. The van der Waals surface area contributed by atoms with E-state index in [1.165, 1.54) is 29.5 Å². The van der Waals surface area contributed by atoms with Gasteiger partial charge >= 0.3 is 0 Å². The molecule has 7 heteroatoms. The first-order chi connectivity index (χ1) is 13.1. The molecule has 0 spiro atoms. The molecule has 2 aromatic carbocycles. The molecule has 1 aromatic heterocycles. The molecule has 5 nitrogen and oxygen atoms in total. The normalized spacial score (nSPS) is 13.6. The van der Waals surface area contributed by atoms with Crippen LogP contribution in [0.1, 0.15) is 5.56 Å². The molecule has 4 rings (SSSR count). The summed E-state index contributed by atoms with van der Waals surface area (Å²) in [6, 6.07) is 9.92. The number of benzene rings is 2. The Morgan fingerprint density at radius 3 is 2.96 bits per heavy atom. The molecule has 1 aliphatic heterocycles. The van der Waals surface area contributed by atoms with Gasteiger partial charge in [0.05, 0.1) is 10.2 Å². The van der Waals surface area contributed by atoms with Crippen LogP contribution in [0, 0.1) is 5.82 Å². The monoisotopic (exact) mass is 382 g/mol. The lowest BCUT2D eigenvalue weighted by atomic mass is 10.2. The minimum Gasteiger partial charge on any atom is -0.454 e. The Balaban J connectivity index is 1.65. The average molecular weight is 382 g/mol. The molecular formula is C20H15FN2O3S. The van der Waals surface area contributed by atoms with Crippen molar-refractivity contribution in [3.8, 4) is 11.5 Å². The predicted octanol–water partition coefficient (Wildman–Crippen LogP) is 3.90. The van der Waals surface area contributed by atoms with Crippen molar-refractivity contribution in [2.45, 2.75) is 6.54 Å². The maximum absolute atomic E-state index is 13.5. The van der Waals surface area contributed by atoms with E-state index in [4.69, 9.17) is 9.47 Å². The number of carbonyl (C=O) groups is 1. The van der Waals surface area contributed by atoms with Crippen LogP contribution in [-0.2, 0) is 11.3 Å². The number of aromatic nitrogens is 1. The Hall–Kier alpha value is -3.19. The van der Waals surface area contributed by atoms with Crippen LogP contribution in [0.4, 0.5) is 4.39 Å². The van der Waals surface area contributed by atoms with Crippen LogP contribution >= 0.6 is 11.3 Å². The fourth-order valence-corrected chi connectivity index (χ4v) is 3.82. The fourth-order valence-electron chi connectivity index (χ4n) is 2.75. The van der Waals surface area contributed by atoms with Crippen molar-refractivity contribution >= 4 is 33.5 Å². The molecule has 0 N–H and O–H groups in total. The fraction of sp³-hybridized carbons (Fsp3) is 0.100.